The van der Waals surface area contributed by atoms with Gasteiger partial charge in [-0.25, -0.2) is 36.3 Å². The molecule has 2 atom stereocenters. The number of sulfonamides is 1. The van der Waals surface area contributed by atoms with Gasteiger partial charge in [0.05, 0.1) is 29.9 Å². The highest BCUT2D eigenvalue weighted by Gasteiger charge is 2.49. The molecule has 0 radical (unpaired) electrons. The monoisotopic (exact) mass is 1210 g/mol. The van der Waals surface area contributed by atoms with Gasteiger partial charge in [0.15, 0.2) is 0 Å². The molecule has 3 saturated heterocycles. The Hall–Kier alpha value is -5.79. The van der Waals surface area contributed by atoms with Crippen molar-refractivity contribution in [3.8, 4) is 0 Å². The van der Waals surface area contributed by atoms with Crippen molar-refractivity contribution in [2.75, 3.05) is 126 Å². The molecule has 0 bridgehead atoms. The second kappa shape index (κ2) is 26.8. The van der Waals surface area contributed by atoms with Crippen LogP contribution >= 0.6 is 23.4 Å². The summed E-state index contributed by atoms with van der Waals surface area (Å²) in [6, 6.07) is 25.8. The first-order valence-electron chi connectivity index (χ1n) is 27.4. The number of hydrogen-bond donors (Lipinski definition) is 2. The minimum atomic E-state index is -6.09. The van der Waals surface area contributed by atoms with Gasteiger partial charge in [-0.05, 0) is 115 Å². The summed E-state index contributed by atoms with van der Waals surface area (Å²) in [6.45, 7) is 13.4. The molecule has 0 spiro atoms. The Morgan fingerprint density at radius 3 is 2.17 bits per heavy atom. The number of ether oxygens (including phenoxy) is 2. The Morgan fingerprint density at radius 1 is 0.805 bits per heavy atom. The van der Waals surface area contributed by atoms with Crippen LogP contribution in [0.1, 0.15) is 65.3 Å². The van der Waals surface area contributed by atoms with Gasteiger partial charge in [0.2, 0.25) is 5.95 Å². The summed E-state index contributed by atoms with van der Waals surface area (Å²) >= 11 is 7.79. The van der Waals surface area contributed by atoms with Crippen molar-refractivity contribution in [2.24, 2.45) is 5.41 Å². The smallest absolute Gasteiger partial charge is 0.465 e. The van der Waals surface area contributed by atoms with E-state index in [1.165, 1.54) is 60.1 Å². The first kappa shape index (κ1) is 60.8. The Labute approximate surface area is 487 Å². The minimum absolute atomic E-state index is 0.0215. The molecular formula is C58H69ClF3N9O8S3. The number of sulfone groups is 1. The third-order valence-electron chi connectivity index (χ3n) is 15.6. The lowest BCUT2D eigenvalue weighted by Crippen LogP contribution is -2.50. The molecule has 3 aliphatic heterocycles. The Morgan fingerprint density at radius 2 is 1.49 bits per heavy atom. The molecule has 4 heterocycles. The predicted octanol–water partition coefficient (Wildman–Crippen LogP) is 8.60. The van der Waals surface area contributed by atoms with E-state index in [1.54, 1.807) is 12.1 Å². The molecule has 1 unspecified atom stereocenters. The number of alkyl halides is 3. The van der Waals surface area contributed by atoms with E-state index < -0.39 is 58.8 Å². The van der Waals surface area contributed by atoms with E-state index in [4.69, 9.17) is 21.1 Å². The summed E-state index contributed by atoms with van der Waals surface area (Å²) in [5.74, 6) is -0.563. The summed E-state index contributed by atoms with van der Waals surface area (Å²) in [5, 5.41) is 3.70. The van der Waals surface area contributed by atoms with Gasteiger partial charge < -0.3 is 29.5 Å². The minimum Gasteiger partial charge on any atom is -0.465 e. The number of rotatable bonds is 20. The molecule has 82 heavy (non-hydrogen) atoms. The molecule has 1 amide bonds. The van der Waals surface area contributed by atoms with Crippen LogP contribution in [0.5, 0.6) is 0 Å². The first-order valence-corrected chi connectivity index (χ1v) is 31.8. The van der Waals surface area contributed by atoms with Gasteiger partial charge in [-0.3, -0.25) is 14.6 Å². The van der Waals surface area contributed by atoms with Crippen LogP contribution in [0.25, 0.3) is 5.57 Å². The van der Waals surface area contributed by atoms with Crippen LogP contribution < -0.4 is 19.8 Å². The number of amides is 1. The van der Waals surface area contributed by atoms with Crippen molar-refractivity contribution in [3.05, 3.63) is 137 Å². The molecular weight excluding hydrogens is 1140 g/mol. The molecule has 0 saturated carbocycles. The highest BCUT2D eigenvalue weighted by atomic mass is 35.5. The van der Waals surface area contributed by atoms with E-state index in [-0.39, 0.29) is 11.0 Å². The maximum Gasteiger partial charge on any atom is 0.501 e. The number of benzene rings is 4. The number of methoxy groups -OCH3 is 1. The molecule has 2 N–H and O–H groups in total. The number of nitrogens with one attached hydrogen (secondary N) is 2. The van der Waals surface area contributed by atoms with Crippen molar-refractivity contribution in [2.45, 2.75) is 65.3 Å². The molecule has 1 aliphatic carbocycles. The first-order chi connectivity index (χ1) is 39.3. The lowest BCUT2D eigenvalue weighted by atomic mass is 9.71. The third-order valence-corrected chi connectivity index (χ3v) is 19.9. The Bertz CT molecular complexity index is 3250. The second-order valence-electron chi connectivity index (χ2n) is 21.5. The lowest BCUT2D eigenvalue weighted by Gasteiger charge is -2.44. The van der Waals surface area contributed by atoms with Crippen LogP contribution in [-0.2, 0) is 29.3 Å². The number of anilines is 3. The number of hydrogen-bond acceptors (Lipinski definition) is 17. The van der Waals surface area contributed by atoms with Gasteiger partial charge in [-0.2, -0.15) is 13.2 Å². The molecule has 17 nitrogen and oxygen atoms in total. The molecule has 4 aromatic carbocycles. The molecule has 1 aromatic heterocycles. The van der Waals surface area contributed by atoms with Crippen LogP contribution in [-0.4, -0.2) is 176 Å². The average Bonchev–Trinajstić information content (AvgIpc) is 3.87. The largest absolute Gasteiger partial charge is 0.501 e. The normalized spacial score (nSPS) is 19.6. The zero-order valence-electron chi connectivity index (χ0n) is 46.0. The summed E-state index contributed by atoms with van der Waals surface area (Å²) in [6.07, 6.45) is 7.15. The SMILES string of the molecule is COC(=O)c1cnc(N2CCN(C[C@]3(C)CCC(c4ccc(Cl)cc4)=C(CN4CCN(c5ccc(C(=O)NS(=O)(=O)c6ccc(NC(CCN7CCCOCC7)CSc7ccccc7)c(S(=O)(=O)C(F)(F)F)c6)cc5)CC4)C3)CC2)nc1. The summed E-state index contributed by atoms with van der Waals surface area (Å²) in [7, 11) is -9.65. The van der Waals surface area contributed by atoms with Crippen molar-refractivity contribution in [1.82, 2.24) is 29.4 Å². The maximum absolute atomic E-state index is 14.3. The van der Waals surface area contributed by atoms with Crippen LogP contribution in [0.4, 0.5) is 30.5 Å². The van der Waals surface area contributed by atoms with E-state index in [9.17, 15) is 39.6 Å². The fourth-order valence-corrected chi connectivity index (χ4v) is 14.2. The number of nitrogens with zero attached hydrogens (tertiary/aromatic N) is 7. The molecule has 440 valence electrons. The number of carbonyl (C=O) groups is 2. The van der Waals surface area contributed by atoms with E-state index in [1.807, 2.05) is 47.2 Å². The number of carbonyl (C=O) groups excluding carboxylic acids is 2. The van der Waals surface area contributed by atoms with Crippen molar-refractivity contribution >= 4 is 78.0 Å². The molecule has 5 aromatic rings. The number of esters is 1. The standard InChI is InChI=1S/C58H69ClF3N9O8S3/c1-57(41-69-26-30-71(31-27-69)56-63-37-45(38-64-56)55(73)78-2)21-19-51(42-9-13-46(59)14-10-42)44(36-57)39-68-24-28-70(29-25-68)48-15-11-43(12-16-48)54(72)66-82(76,77)50-17-18-52(53(35-50)81(74,75)58(60,61)62)65-47(40-80-49-7-4-3-5-8-49)20-23-67-22-6-33-79-34-32-67/h3-5,7-18,35,37-38,47,65H,6,19-34,36,39-41H2,1-2H3,(H,66,72)/t47?,57-/m1/s1. The molecule has 24 heteroatoms. The number of piperazine rings is 2. The van der Waals surface area contributed by atoms with Gasteiger partial charge in [0.1, 0.15) is 4.90 Å². The van der Waals surface area contributed by atoms with Crippen molar-refractivity contribution in [1.29, 1.82) is 0 Å². The van der Waals surface area contributed by atoms with Gasteiger partial charge in [-0.15, -0.1) is 11.8 Å². The van der Waals surface area contributed by atoms with E-state index >= 15 is 0 Å². The quantitative estimate of drug-likeness (QED) is 0.0557. The summed E-state index contributed by atoms with van der Waals surface area (Å²) in [4.78, 5) is 44.6. The molecule has 3 fully saturated rings. The van der Waals surface area contributed by atoms with Crippen LogP contribution in [0.15, 0.2) is 130 Å². The van der Waals surface area contributed by atoms with Crippen molar-refractivity contribution in [3.63, 3.8) is 0 Å². The van der Waals surface area contributed by atoms with E-state index in [2.05, 4.69) is 58.8 Å². The van der Waals surface area contributed by atoms with E-state index in [0.29, 0.717) is 74.2 Å². The van der Waals surface area contributed by atoms with Crippen LogP contribution in [0.2, 0.25) is 5.02 Å². The van der Waals surface area contributed by atoms with E-state index in [0.717, 1.165) is 107 Å². The number of halogens is 4. The van der Waals surface area contributed by atoms with Crippen molar-refractivity contribution < 1.29 is 49.1 Å². The number of thioether (sulfide) groups is 1. The van der Waals surface area contributed by atoms with Crippen LogP contribution in [0, 0.1) is 5.41 Å². The number of aromatic nitrogens is 2. The second-order valence-corrected chi connectivity index (χ2v) is 26.6. The fraction of sp³-hybridized carbons (Fsp3) is 0.448. The van der Waals surface area contributed by atoms with Gasteiger partial charge in [0, 0.05) is 137 Å². The zero-order valence-corrected chi connectivity index (χ0v) is 49.2. The average molecular weight is 1210 g/mol. The molecule has 4 aliphatic rings. The lowest BCUT2D eigenvalue weighted by molar-refractivity contribution is -0.0436. The maximum atomic E-state index is 14.3. The van der Waals surface area contributed by atoms with Gasteiger partial charge in [-0.1, -0.05) is 54.4 Å². The summed E-state index contributed by atoms with van der Waals surface area (Å²) in [5.41, 5.74) is -1.08. The number of allylic oxidation sites excluding steroid dienone is 1. The highest BCUT2D eigenvalue weighted by Crippen LogP contribution is 2.44. The Kier molecular flexibility index (Phi) is 19.9. The zero-order chi connectivity index (χ0) is 58.1. The summed E-state index contributed by atoms with van der Waals surface area (Å²) < 4.78 is 109. The van der Waals surface area contributed by atoms with Crippen LogP contribution in [0.3, 0.4) is 0 Å². The fourth-order valence-electron chi connectivity index (χ4n) is 11.1. The van der Waals surface area contributed by atoms with Gasteiger partial charge >= 0.3 is 11.5 Å². The Balaban J connectivity index is 0.824. The highest BCUT2D eigenvalue weighted by molar-refractivity contribution is 7.99. The molecule has 9 rings (SSSR count). The van der Waals surface area contributed by atoms with Gasteiger partial charge in [0.25, 0.3) is 25.8 Å². The third kappa shape index (κ3) is 15.5. The topological polar surface area (TPSA) is 187 Å². The predicted molar refractivity (Wildman–Crippen MR) is 313 cm³/mol.